The standard InChI is InChI=1S/C23H29N3O4/c1-6-17-8-11-19(12-9-17)22(27)25-24-15-18-10-13-20(21(14-18)29-7-2)30-16(3)23(28)26(4)5/h8-16H,6-7H2,1-5H3,(H,25,27)/b24-15-/t16-/m0/s1. The molecule has 0 spiro atoms. The van der Waals surface area contributed by atoms with Gasteiger partial charge < -0.3 is 14.4 Å². The van der Waals surface area contributed by atoms with Crippen LogP contribution in [0.1, 0.15) is 42.3 Å². The third kappa shape index (κ3) is 6.34. The number of hydrogen-bond donors (Lipinski definition) is 1. The van der Waals surface area contributed by atoms with Gasteiger partial charge in [0.2, 0.25) is 0 Å². The quantitative estimate of drug-likeness (QED) is 0.507. The highest BCUT2D eigenvalue weighted by Crippen LogP contribution is 2.29. The fourth-order valence-electron chi connectivity index (χ4n) is 2.70. The average molecular weight is 412 g/mol. The molecule has 0 saturated heterocycles. The lowest BCUT2D eigenvalue weighted by Crippen LogP contribution is -2.35. The highest BCUT2D eigenvalue weighted by molar-refractivity contribution is 5.95. The smallest absolute Gasteiger partial charge is 0.271 e. The van der Waals surface area contributed by atoms with E-state index in [1.807, 2.05) is 19.1 Å². The van der Waals surface area contributed by atoms with Crippen LogP contribution in [0.5, 0.6) is 11.5 Å². The number of hydrazone groups is 1. The van der Waals surface area contributed by atoms with Gasteiger partial charge in [-0.05, 0) is 61.7 Å². The summed E-state index contributed by atoms with van der Waals surface area (Å²) in [6.45, 7) is 6.06. The van der Waals surface area contributed by atoms with E-state index in [0.29, 0.717) is 23.7 Å². The molecule has 0 aliphatic rings. The summed E-state index contributed by atoms with van der Waals surface area (Å²) in [7, 11) is 3.36. The second-order valence-corrected chi connectivity index (χ2v) is 6.88. The van der Waals surface area contributed by atoms with Crippen molar-refractivity contribution in [3.8, 4) is 11.5 Å². The molecular weight excluding hydrogens is 382 g/mol. The highest BCUT2D eigenvalue weighted by atomic mass is 16.5. The molecule has 7 nitrogen and oxygen atoms in total. The van der Waals surface area contributed by atoms with Gasteiger partial charge in [-0.1, -0.05) is 19.1 Å². The zero-order chi connectivity index (χ0) is 22.1. The molecule has 7 heteroatoms. The third-order valence-corrected chi connectivity index (χ3v) is 4.36. The van der Waals surface area contributed by atoms with Crippen LogP contribution in [-0.2, 0) is 11.2 Å². The van der Waals surface area contributed by atoms with E-state index in [-0.39, 0.29) is 11.8 Å². The Kier molecular flexibility index (Phi) is 8.41. The minimum atomic E-state index is -0.642. The van der Waals surface area contributed by atoms with E-state index in [1.54, 1.807) is 51.4 Å². The Hall–Kier alpha value is -3.35. The second kappa shape index (κ2) is 11.0. The lowest BCUT2D eigenvalue weighted by atomic mass is 10.1. The maximum Gasteiger partial charge on any atom is 0.271 e. The normalized spacial score (nSPS) is 11.8. The topological polar surface area (TPSA) is 80.2 Å². The van der Waals surface area contributed by atoms with Crippen molar-refractivity contribution in [1.82, 2.24) is 10.3 Å². The van der Waals surface area contributed by atoms with Gasteiger partial charge in [0, 0.05) is 19.7 Å². The van der Waals surface area contributed by atoms with Gasteiger partial charge in [0.1, 0.15) is 0 Å². The molecule has 2 aromatic carbocycles. The van der Waals surface area contributed by atoms with Crippen molar-refractivity contribution in [3.63, 3.8) is 0 Å². The van der Waals surface area contributed by atoms with Gasteiger partial charge in [-0.15, -0.1) is 0 Å². The van der Waals surface area contributed by atoms with Crippen molar-refractivity contribution in [1.29, 1.82) is 0 Å². The molecule has 0 unspecified atom stereocenters. The van der Waals surface area contributed by atoms with Gasteiger partial charge >= 0.3 is 0 Å². The zero-order valence-electron chi connectivity index (χ0n) is 18.1. The van der Waals surface area contributed by atoms with Crippen molar-refractivity contribution in [3.05, 3.63) is 59.2 Å². The van der Waals surface area contributed by atoms with Gasteiger partial charge in [-0.3, -0.25) is 9.59 Å². The van der Waals surface area contributed by atoms with Crippen LogP contribution in [0.4, 0.5) is 0 Å². The van der Waals surface area contributed by atoms with Crippen LogP contribution in [0.2, 0.25) is 0 Å². The van der Waals surface area contributed by atoms with E-state index >= 15 is 0 Å². The molecule has 0 aliphatic heterocycles. The molecule has 30 heavy (non-hydrogen) atoms. The molecule has 1 N–H and O–H groups in total. The summed E-state index contributed by atoms with van der Waals surface area (Å²) in [5.41, 5.74) is 4.95. The van der Waals surface area contributed by atoms with Crippen LogP contribution in [0, 0.1) is 0 Å². The summed E-state index contributed by atoms with van der Waals surface area (Å²) in [6, 6.07) is 12.6. The Morgan fingerprint density at radius 3 is 2.40 bits per heavy atom. The van der Waals surface area contributed by atoms with Gasteiger partial charge in [-0.2, -0.15) is 5.10 Å². The molecule has 0 bridgehead atoms. The van der Waals surface area contributed by atoms with Gasteiger partial charge in [0.05, 0.1) is 12.8 Å². The van der Waals surface area contributed by atoms with Crippen molar-refractivity contribution in [2.24, 2.45) is 5.10 Å². The second-order valence-electron chi connectivity index (χ2n) is 6.88. The molecular formula is C23H29N3O4. The molecule has 0 heterocycles. The number of carbonyl (C=O) groups is 2. The fourth-order valence-corrected chi connectivity index (χ4v) is 2.70. The first kappa shape index (κ1) is 22.9. The minimum absolute atomic E-state index is 0.141. The Morgan fingerprint density at radius 1 is 1.10 bits per heavy atom. The number of benzene rings is 2. The van der Waals surface area contributed by atoms with Gasteiger partial charge in [-0.25, -0.2) is 5.43 Å². The monoisotopic (exact) mass is 411 g/mol. The van der Waals surface area contributed by atoms with Crippen LogP contribution in [-0.4, -0.2) is 49.7 Å². The first-order valence-electron chi connectivity index (χ1n) is 9.92. The Bertz CT molecular complexity index is 892. The molecule has 0 radical (unpaired) electrons. The maximum atomic E-state index is 12.2. The lowest BCUT2D eigenvalue weighted by molar-refractivity contribution is -0.135. The summed E-state index contributed by atoms with van der Waals surface area (Å²) >= 11 is 0. The average Bonchev–Trinajstić information content (AvgIpc) is 2.74. The van der Waals surface area contributed by atoms with Crippen molar-refractivity contribution >= 4 is 18.0 Å². The number of amides is 2. The molecule has 2 amide bonds. The molecule has 1 atom stereocenters. The van der Waals surface area contributed by atoms with Crippen LogP contribution in [0.15, 0.2) is 47.6 Å². The summed E-state index contributed by atoms with van der Waals surface area (Å²) in [6.07, 6.45) is 1.81. The van der Waals surface area contributed by atoms with E-state index in [9.17, 15) is 9.59 Å². The number of nitrogens with zero attached hydrogens (tertiary/aromatic N) is 2. The Balaban J connectivity index is 2.07. The number of carbonyl (C=O) groups excluding carboxylic acids is 2. The lowest BCUT2D eigenvalue weighted by Gasteiger charge is -2.20. The largest absolute Gasteiger partial charge is 0.490 e. The third-order valence-electron chi connectivity index (χ3n) is 4.36. The van der Waals surface area contributed by atoms with Crippen molar-refractivity contribution < 1.29 is 19.1 Å². The van der Waals surface area contributed by atoms with E-state index in [0.717, 1.165) is 12.0 Å². The van der Waals surface area contributed by atoms with E-state index in [4.69, 9.17) is 9.47 Å². The van der Waals surface area contributed by atoms with Crippen LogP contribution < -0.4 is 14.9 Å². The molecule has 2 rings (SSSR count). The molecule has 160 valence electrons. The van der Waals surface area contributed by atoms with Crippen molar-refractivity contribution in [2.45, 2.75) is 33.3 Å². The Morgan fingerprint density at radius 2 is 1.80 bits per heavy atom. The number of aryl methyl sites for hydroxylation is 1. The maximum absolute atomic E-state index is 12.2. The van der Waals surface area contributed by atoms with E-state index in [2.05, 4.69) is 17.5 Å². The van der Waals surface area contributed by atoms with Crippen molar-refractivity contribution in [2.75, 3.05) is 20.7 Å². The molecule has 0 aliphatic carbocycles. The number of rotatable bonds is 9. The predicted molar refractivity (Wildman–Crippen MR) is 117 cm³/mol. The summed E-state index contributed by atoms with van der Waals surface area (Å²) in [5, 5.41) is 4.02. The van der Waals surface area contributed by atoms with Crippen LogP contribution in [0.3, 0.4) is 0 Å². The van der Waals surface area contributed by atoms with E-state index in [1.165, 1.54) is 16.7 Å². The summed E-state index contributed by atoms with van der Waals surface area (Å²) < 4.78 is 11.4. The van der Waals surface area contributed by atoms with Crippen LogP contribution in [0.25, 0.3) is 0 Å². The fraction of sp³-hybridized carbons (Fsp3) is 0.348. The molecule has 0 fully saturated rings. The summed E-state index contributed by atoms with van der Waals surface area (Å²) in [4.78, 5) is 25.7. The number of ether oxygens (including phenoxy) is 2. The summed E-state index contributed by atoms with van der Waals surface area (Å²) in [5.74, 6) is 0.547. The number of nitrogens with one attached hydrogen (secondary N) is 1. The van der Waals surface area contributed by atoms with Gasteiger partial charge in [0.15, 0.2) is 17.6 Å². The molecule has 2 aromatic rings. The van der Waals surface area contributed by atoms with Crippen LogP contribution >= 0.6 is 0 Å². The molecule has 0 aromatic heterocycles. The van der Waals surface area contributed by atoms with Gasteiger partial charge in [0.25, 0.3) is 11.8 Å². The minimum Gasteiger partial charge on any atom is -0.490 e. The molecule has 0 saturated carbocycles. The van der Waals surface area contributed by atoms with E-state index < -0.39 is 6.10 Å². The number of hydrogen-bond acceptors (Lipinski definition) is 5. The zero-order valence-corrected chi connectivity index (χ0v) is 18.1. The first-order chi connectivity index (χ1) is 14.3. The number of likely N-dealkylation sites (N-methyl/N-ethyl adjacent to an activating group) is 1. The highest BCUT2D eigenvalue weighted by Gasteiger charge is 2.18. The Labute approximate surface area is 177 Å². The predicted octanol–water partition coefficient (Wildman–Crippen LogP) is 3.27. The SMILES string of the molecule is CCOc1cc(/C=N\NC(=O)c2ccc(CC)cc2)ccc1O[C@@H](C)C(=O)N(C)C. The first-order valence-corrected chi connectivity index (χ1v) is 9.92.